The van der Waals surface area contributed by atoms with Crippen LogP contribution in [-0.2, 0) is 14.3 Å². The molecule has 0 amide bonds. The van der Waals surface area contributed by atoms with Gasteiger partial charge in [-0.3, -0.25) is 4.21 Å². The van der Waals surface area contributed by atoms with Crippen molar-refractivity contribution in [2.45, 2.75) is 26.4 Å². The Bertz CT molecular complexity index is 258. The topological polar surface area (TPSA) is 29.5 Å². The Morgan fingerprint density at radius 2 is 2.00 bits per heavy atom. The van der Waals surface area contributed by atoms with Gasteiger partial charge in [-0.1, -0.05) is 0 Å². The van der Waals surface area contributed by atoms with E-state index in [2.05, 4.69) is 24.6 Å². The third-order valence-corrected chi connectivity index (χ3v) is 4.48. The number of hydrogen-bond acceptors (Lipinski definition) is 3. The SMILES string of the molecule is C=S1(=O)CCN(CCCOC(C)C)CC1. The molecule has 0 aromatic heterocycles. The standard InChI is InChI=1S/C11H23NO2S/c1-11(2)14-8-4-5-12-6-9-15(3,13)10-7-12/h11H,3-10H2,1-2H3. The van der Waals surface area contributed by atoms with Gasteiger partial charge in [-0.15, -0.1) is 0 Å². The average Bonchev–Trinajstić information content (AvgIpc) is 2.14. The summed E-state index contributed by atoms with van der Waals surface area (Å²) in [6.07, 6.45) is 1.39. The number of nitrogens with zero attached hydrogens (tertiary/aromatic N) is 1. The van der Waals surface area contributed by atoms with Crippen LogP contribution in [0.4, 0.5) is 0 Å². The van der Waals surface area contributed by atoms with Crippen LogP contribution in [0.25, 0.3) is 0 Å². The highest BCUT2D eigenvalue weighted by molar-refractivity contribution is 8.00. The van der Waals surface area contributed by atoms with E-state index in [1.807, 2.05) is 0 Å². The molecular weight excluding hydrogens is 210 g/mol. The number of rotatable bonds is 5. The van der Waals surface area contributed by atoms with E-state index in [0.29, 0.717) is 6.10 Å². The third kappa shape index (κ3) is 5.54. The summed E-state index contributed by atoms with van der Waals surface area (Å²) >= 11 is 0. The molecule has 0 radical (unpaired) electrons. The first-order chi connectivity index (χ1) is 6.99. The molecule has 0 N–H and O–H groups in total. The second kappa shape index (κ2) is 5.87. The zero-order valence-corrected chi connectivity index (χ0v) is 10.7. The van der Waals surface area contributed by atoms with Crippen molar-refractivity contribution >= 4 is 15.4 Å². The predicted molar refractivity (Wildman–Crippen MR) is 67.1 cm³/mol. The van der Waals surface area contributed by atoms with Gasteiger partial charge < -0.3 is 9.64 Å². The molecule has 0 aliphatic carbocycles. The van der Waals surface area contributed by atoms with E-state index in [4.69, 9.17) is 4.74 Å². The second-order valence-electron chi connectivity index (χ2n) is 4.49. The third-order valence-electron chi connectivity index (χ3n) is 2.63. The molecule has 0 aromatic rings. The van der Waals surface area contributed by atoms with Gasteiger partial charge in [0.15, 0.2) is 0 Å². The van der Waals surface area contributed by atoms with Gasteiger partial charge >= 0.3 is 0 Å². The van der Waals surface area contributed by atoms with Crippen LogP contribution < -0.4 is 0 Å². The minimum Gasteiger partial charge on any atom is -0.379 e. The fraction of sp³-hybridized carbons (Fsp3) is 0.909. The van der Waals surface area contributed by atoms with Gasteiger partial charge in [-0.2, -0.15) is 0 Å². The molecule has 0 aromatic carbocycles. The highest BCUT2D eigenvalue weighted by Crippen LogP contribution is 2.04. The van der Waals surface area contributed by atoms with Crippen LogP contribution in [-0.4, -0.2) is 58.8 Å². The summed E-state index contributed by atoms with van der Waals surface area (Å²) in [5.74, 6) is 5.28. The predicted octanol–water partition coefficient (Wildman–Crippen LogP) is 0.833. The van der Waals surface area contributed by atoms with Gasteiger partial charge in [0.05, 0.1) is 6.10 Å². The Labute approximate surface area is 93.8 Å². The Balaban J connectivity index is 2.09. The molecule has 3 nitrogen and oxygen atoms in total. The lowest BCUT2D eigenvalue weighted by Gasteiger charge is -2.28. The molecule has 0 bridgehead atoms. The van der Waals surface area contributed by atoms with Crippen molar-refractivity contribution in [3.8, 4) is 0 Å². The lowest BCUT2D eigenvalue weighted by atomic mass is 10.4. The van der Waals surface area contributed by atoms with Gasteiger partial charge in [-0.25, -0.2) is 0 Å². The maximum absolute atomic E-state index is 11.6. The van der Waals surface area contributed by atoms with Gasteiger partial charge in [0, 0.05) is 37.7 Å². The molecule has 15 heavy (non-hydrogen) atoms. The van der Waals surface area contributed by atoms with Crippen LogP contribution in [0.1, 0.15) is 20.3 Å². The maximum Gasteiger partial charge on any atom is 0.0518 e. The van der Waals surface area contributed by atoms with Crippen molar-refractivity contribution in [2.75, 3.05) is 37.7 Å². The minimum atomic E-state index is -1.73. The molecule has 1 aliphatic rings. The largest absolute Gasteiger partial charge is 0.379 e. The zero-order chi connectivity index (χ0) is 11.3. The van der Waals surface area contributed by atoms with Crippen molar-refractivity contribution in [3.05, 3.63) is 0 Å². The second-order valence-corrected chi connectivity index (χ2v) is 7.24. The van der Waals surface area contributed by atoms with E-state index < -0.39 is 9.52 Å². The molecule has 0 saturated carbocycles. The quantitative estimate of drug-likeness (QED) is 0.520. The van der Waals surface area contributed by atoms with Crippen LogP contribution in [0.15, 0.2) is 0 Å². The van der Waals surface area contributed by atoms with E-state index in [-0.39, 0.29) is 0 Å². The van der Waals surface area contributed by atoms with Crippen molar-refractivity contribution in [1.82, 2.24) is 4.90 Å². The number of hydrogen-bond donors (Lipinski definition) is 0. The Morgan fingerprint density at radius 3 is 2.53 bits per heavy atom. The normalized spacial score (nSPS) is 22.1. The molecule has 90 valence electrons. The van der Waals surface area contributed by atoms with E-state index >= 15 is 0 Å². The fourth-order valence-electron chi connectivity index (χ4n) is 1.64. The summed E-state index contributed by atoms with van der Waals surface area (Å²) in [7, 11) is -1.73. The summed E-state index contributed by atoms with van der Waals surface area (Å²) < 4.78 is 17.1. The first kappa shape index (κ1) is 13.0. The summed E-state index contributed by atoms with van der Waals surface area (Å²) in [5.41, 5.74) is 0. The van der Waals surface area contributed by atoms with Gasteiger partial charge in [0.25, 0.3) is 0 Å². The number of ether oxygens (including phenoxy) is 1. The van der Waals surface area contributed by atoms with Crippen molar-refractivity contribution in [3.63, 3.8) is 0 Å². The van der Waals surface area contributed by atoms with Crippen LogP contribution >= 0.6 is 0 Å². The molecular formula is C11H23NO2S. The van der Waals surface area contributed by atoms with Crippen LogP contribution in [0.2, 0.25) is 0 Å². The Morgan fingerprint density at radius 1 is 1.40 bits per heavy atom. The van der Waals surface area contributed by atoms with Crippen molar-refractivity contribution in [1.29, 1.82) is 0 Å². The molecule has 0 unspecified atom stereocenters. The van der Waals surface area contributed by atoms with Gasteiger partial charge in [0.1, 0.15) is 0 Å². The summed E-state index contributed by atoms with van der Waals surface area (Å²) in [6, 6.07) is 0. The molecule has 1 aliphatic heterocycles. The van der Waals surface area contributed by atoms with E-state index in [1.165, 1.54) is 0 Å². The first-order valence-corrected chi connectivity index (χ1v) is 7.73. The zero-order valence-electron chi connectivity index (χ0n) is 9.91. The molecule has 0 spiro atoms. The van der Waals surface area contributed by atoms with E-state index in [9.17, 15) is 4.21 Å². The highest BCUT2D eigenvalue weighted by atomic mass is 32.2. The average molecular weight is 233 g/mol. The molecule has 1 saturated heterocycles. The summed E-state index contributed by atoms with van der Waals surface area (Å²) in [5, 5.41) is 0. The molecule has 1 rings (SSSR count). The maximum atomic E-state index is 11.6. The summed E-state index contributed by atoms with van der Waals surface area (Å²) in [6.45, 7) is 7.86. The van der Waals surface area contributed by atoms with Crippen LogP contribution in [0.5, 0.6) is 0 Å². The molecule has 4 heteroatoms. The molecule has 1 heterocycles. The first-order valence-electron chi connectivity index (χ1n) is 5.66. The monoisotopic (exact) mass is 233 g/mol. The van der Waals surface area contributed by atoms with Crippen LogP contribution in [0, 0.1) is 0 Å². The van der Waals surface area contributed by atoms with Gasteiger partial charge in [-0.05, 0) is 35.7 Å². The van der Waals surface area contributed by atoms with Crippen molar-refractivity contribution < 1.29 is 8.95 Å². The van der Waals surface area contributed by atoms with E-state index in [1.54, 1.807) is 0 Å². The van der Waals surface area contributed by atoms with Gasteiger partial charge in [0.2, 0.25) is 0 Å². The lowest BCUT2D eigenvalue weighted by molar-refractivity contribution is 0.0711. The lowest BCUT2D eigenvalue weighted by Crippen LogP contribution is -2.40. The van der Waals surface area contributed by atoms with E-state index in [0.717, 1.165) is 44.2 Å². The molecule has 1 fully saturated rings. The highest BCUT2D eigenvalue weighted by Gasteiger charge is 2.16. The van der Waals surface area contributed by atoms with Crippen molar-refractivity contribution in [2.24, 2.45) is 0 Å². The van der Waals surface area contributed by atoms with Crippen LogP contribution in [0.3, 0.4) is 0 Å². The Hall–Kier alpha value is -0.0600. The summed E-state index contributed by atoms with van der Waals surface area (Å²) in [4.78, 5) is 2.36. The fourth-order valence-corrected chi connectivity index (χ4v) is 3.02. The smallest absolute Gasteiger partial charge is 0.0518 e. The minimum absolute atomic E-state index is 0.324. The Kier molecular flexibility index (Phi) is 5.09. The molecule has 0 atom stereocenters.